The van der Waals surface area contributed by atoms with Crippen LogP contribution >= 0.6 is 23.5 Å². The van der Waals surface area contributed by atoms with Crippen LogP contribution in [0.1, 0.15) is 0 Å². The number of nitrogens with zero attached hydrogens (tertiary/aromatic N) is 2. The van der Waals surface area contributed by atoms with E-state index in [4.69, 9.17) is 0 Å². The Kier molecular flexibility index (Phi) is 2.07. The summed E-state index contributed by atoms with van der Waals surface area (Å²) in [4.78, 5) is 7.52. The van der Waals surface area contributed by atoms with Gasteiger partial charge in [-0.15, -0.1) is 0 Å². The first kappa shape index (κ1) is 9.06. The monoisotopic (exact) mass is 234 g/mol. The molecule has 0 fully saturated rings. The van der Waals surface area contributed by atoms with Gasteiger partial charge in [-0.05, 0) is 12.1 Å². The normalized spacial score (nSPS) is 13.1. The smallest absolute Gasteiger partial charge is 0.195 e. The number of hydrogen-bond acceptors (Lipinski definition) is 4. The highest BCUT2D eigenvalue weighted by Gasteiger charge is 2.19. The fraction of sp³-hybridized carbons (Fsp3) is 0. The molecule has 3 heterocycles. The second-order valence-corrected chi connectivity index (χ2v) is 5.16. The molecule has 0 aromatic carbocycles. The molecule has 0 radical (unpaired) electrons. The average molecular weight is 234 g/mol. The third-order valence-electron chi connectivity index (χ3n) is 2.02. The lowest BCUT2D eigenvalue weighted by atomic mass is 10.5. The van der Waals surface area contributed by atoms with Crippen molar-refractivity contribution in [2.24, 2.45) is 0 Å². The van der Waals surface area contributed by atoms with Gasteiger partial charge in [-0.3, -0.25) is 0 Å². The lowest BCUT2D eigenvalue weighted by Crippen LogP contribution is -2.24. The minimum absolute atomic E-state index is 0.820. The highest BCUT2D eigenvalue weighted by Crippen LogP contribution is 2.46. The van der Waals surface area contributed by atoms with Crippen molar-refractivity contribution in [2.45, 2.75) is 19.7 Å². The van der Waals surface area contributed by atoms with Gasteiger partial charge in [-0.1, -0.05) is 23.5 Å². The van der Waals surface area contributed by atoms with Gasteiger partial charge in [0.15, 0.2) is 12.4 Å². The van der Waals surface area contributed by atoms with Gasteiger partial charge in [0, 0.05) is 22.1 Å². The first-order valence-corrected chi connectivity index (χ1v) is 6.00. The molecule has 0 N–H and O–H groups in total. The molecule has 0 saturated heterocycles. The van der Waals surface area contributed by atoms with Crippen molar-refractivity contribution in [1.29, 1.82) is 0 Å². The zero-order valence-corrected chi connectivity index (χ0v) is 9.22. The molecule has 0 unspecified atom stereocenters. The first-order valence-electron chi connectivity index (χ1n) is 4.36. The molecule has 0 spiro atoms. The van der Waals surface area contributed by atoms with E-state index in [-0.39, 0.29) is 0 Å². The van der Waals surface area contributed by atoms with Crippen LogP contribution in [-0.2, 0) is 0 Å². The van der Waals surface area contributed by atoms with E-state index in [1.807, 2.05) is 18.2 Å². The van der Waals surface area contributed by atoms with E-state index in [1.54, 1.807) is 35.9 Å². The Morgan fingerprint density at radius 2 is 2.07 bits per heavy atom. The Morgan fingerprint density at radius 3 is 3.00 bits per heavy atom. The molecule has 5 heteroatoms. The van der Waals surface area contributed by atoms with Crippen molar-refractivity contribution in [3.05, 3.63) is 42.0 Å². The summed E-state index contributed by atoms with van der Waals surface area (Å²) in [5.74, 6) is 0. The number of pyridine rings is 2. The Hall–Kier alpha value is -1.20. The Labute approximate surface area is 95.1 Å². The molecule has 0 saturated carbocycles. The van der Waals surface area contributed by atoms with Crippen LogP contribution in [0, 0.1) is 5.21 Å². The van der Waals surface area contributed by atoms with E-state index >= 15 is 0 Å². The lowest BCUT2D eigenvalue weighted by Gasteiger charge is -2.15. The highest BCUT2D eigenvalue weighted by molar-refractivity contribution is 8.05. The SMILES string of the molecule is [O-][n+]1ccc2c(c1)Sc1ncccc1S2. The van der Waals surface area contributed by atoms with Gasteiger partial charge in [0.1, 0.15) is 5.03 Å². The molecular formula is C10H6N2OS2. The van der Waals surface area contributed by atoms with Crippen LogP contribution in [-0.4, -0.2) is 4.98 Å². The van der Waals surface area contributed by atoms with Crippen LogP contribution in [0.3, 0.4) is 0 Å². The zero-order valence-electron chi connectivity index (χ0n) is 7.58. The van der Waals surface area contributed by atoms with Crippen molar-refractivity contribution < 1.29 is 4.73 Å². The second-order valence-electron chi connectivity index (χ2n) is 3.04. The third-order valence-corrected chi connectivity index (χ3v) is 4.47. The molecule has 1 aliphatic heterocycles. The Bertz CT molecular complexity index is 531. The Morgan fingerprint density at radius 1 is 1.13 bits per heavy atom. The maximum atomic E-state index is 11.1. The minimum Gasteiger partial charge on any atom is -0.619 e. The van der Waals surface area contributed by atoms with Gasteiger partial charge in [-0.25, -0.2) is 4.98 Å². The van der Waals surface area contributed by atoms with Crippen molar-refractivity contribution in [2.75, 3.05) is 0 Å². The van der Waals surface area contributed by atoms with E-state index in [2.05, 4.69) is 4.98 Å². The summed E-state index contributed by atoms with van der Waals surface area (Å²) in [5, 5.41) is 12.1. The van der Waals surface area contributed by atoms with Crippen LogP contribution < -0.4 is 4.73 Å². The summed E-state index contributed by atoms with van der Waals surface area (Å²) in [5.41, 5.74) is 0. The number of fused-ring (bicyclic) bond motifs is 2. The van der Waals surface area contributed by atoms with Gasteiger partial charge in [-0.2, -0.15) is 4.73 Å². The molecule has 0 bridgehead atoms. The van der Waals surface area contributed by atoms with Crippen molar-refractivity contribution >= 4 is 23.5 Å². The number of aromatic nitrogens is 2. The standard InChI is InChI=1S/C10H6N2OS2/c13-12-5-3-7-9(6-12)15-10-8(14-7)2-1-4-11-10/h1-6H. The molecule has 3 nitrogen and oxygen atoms in total. The molecule has 15 heavy (non-hydrogen) atoms. The van der Waals surface area contributed by atoms with Gasteiger partial charge < -0.3 is 5.21 Å². The first-order chi connectivity index (χ1) is 7.33. The molecule has 2 aromatic heterocycles. The van der Waals surface area contributed by atoms with Crippen molar-refractivity contribution in [3.8, 4) is 0 Å². The van der Waals surface area contributed by atoms with E-state index in [1.165, 1.54) is 6.20 Å². The Balaban J connectivity index is 2.11. The number of rotatable bonds is 0. The van der Waals surface area contributed by atoms with Crippen molar-refractivity contribution in [1.82, 2.24) is 4.98 Å². The average Bonchev–Trinajstić information content (AvgIpc) is 2.26. The van der Waals surface area contributed by atoms with E-state index in [0.29, 0.717) is 0 Å². The predicted octanol–water partition coefficient (Wildman–Crippen LogP) is 2.33. The van der Waals surface area contributed by atoms with E-state index < -0.39 is 0 Å². The quantitative estimate of drug-likeness (QED) is 0.442. The third kappa shape index (κ3) is 1.57. The van der Waals surface area contributed by atoms with Crippen LogP contribution in [0.4, 0.5) is 0 Å². The van der Waals surface area contributed by atoms with Crippen LogP contribution in [0.25, 0.3) is 0 Å². The van der Waals surface area contributed by atoms with Crippen LogP contribution in [0.5, 0.6) is 0 Å². The molecule has 2 aromatic rings. The number of hydrogen-bond donors (Lipinski definition) is 0. The van der Waals surface area contributed by atoms with Gasteiger partial charge in [0.25, 0.3) is 0 Å². The van der Waals surface area contributed by atoms with Gasteiger partial charge in [0.05, 0.1) is 4.90 Å². The summed E-state index contributed by atoms with van der Waals surface area (Å²) in [6, 6.07) is 5.81. The maximum Gasteiger partial charge on any atom is 0.195 e. The summed E-state index contributed by atoms with van der Waals surface area (Å²) in [7, 11) is 0. The second kappa shape index (κ2) is 3.43. The largest absolute Gasteiger partial charge is 0.619 e. The molecule has 1 aliphatic rings. The van der Waals surface area contributed by atoms with Gasteiger partial charge in [0.2, 0.25) is 0 Å². The highest BCUT2D eigenvalue weighted by atomic mass is 32.2. The van der Waals surface area contributed by atoms with Crippen molar-refractivity contribution in [3.63, 3.8) is 0 Å². The predicted molar refractivity (Wildman–Crippen MR) is 57.9 cm³/mol. The summed E-state index contributed by atoms with van der Waals surface area (Å²) in [6.45, 7) is 0. The fourth-order valence-electron chi connectivity index (χ4n) is 1.36. The summed E-state index contributed by atoms with van der Waals surface area (Å²) < 4.78 is 0.820. The topological polar surface area (TPSA) is 39.8 Å². The lowest BCUT2D eigenvalue weighted by molar-refractivity contribution is -0.608. The molecule has 0 amide bonds. The van der Waals surface area contributed by atoms with Gasteiger partial charge >= 0.3 is 0 Å². The van der Waals surface area contributed by atoms with Crippen LogP contribution in [0.2, 0.25) is 0 Å². The fourth-order valence-corrected chi connectivity index (χ4v) is 3.48. The molecular weight excluding hydrogens is 228 g/mol. The minimum atomic E-state index is 0.820. The summed E-state index contributed by atoms with van der Waals surface area (Å²) in [6.07, 6.45) is 4.88. The van der Waals surface area contributed by atoms with E-state index in [9.17, 15) is 5.21 Å². The van der Waals surface area contributed by atoms with Crippen LogP contribution in [0.15, 0.2) is 56.5 Å². The van der Waals surface area contributed by atoms with E-state index in [0.717, 1.165) is 24.4 Å². The summed E-state index contributed by atoms with van der Waals surface area (Å²) >= 11 is 3.20. The molecule has 74 valence electrons. The molecule has 0 aliphatic carbocycles. The zero-order chi connectivity index (χ0) is 10.3. The maximum absolute atomic E-state index is 11.1. The molecule has 0 atom stereocenters. The molecule has 3 rings (SSSR count).